The number of alkyl halides is 3. The zero-order chi connectivity index (χ0) is 15.9. The SMILES string of the molecule is CCOc1ccc(C(CN(C)CCC(F)(F)F)NC)cc1. The van der Waals surface area contributed by atoms with Crippen molar-refractivity contribution in [2.45, 2.75) is 25.6 Å². The summed E-state index contributed by atoms with van der Waals surface area (Å²) in [7, 11) is 3.50. The summed E-state index contributed by atoms with van der Waals surface area (Å²) in [4.78, 5) is 1.69. The maximum atomic E-state index is 12.2. The number of nitrogens with zero attached hydrogens (tertiary/aromatic N) is 1. The molecule has 0 aliphatic heterocycles. The molecule has 21 heavy (non-hydrogen) atoms. The number of ether oxygens (including phenoxy) is 1. The lowest BCUT2D eigenvalue weighted by atomic mass is 10.1. The third kappa shape index (κ3) is 6.82. The summed E-state index contributed by atoms with van der Waals surface area (Å²) < 4.78 is 42.0. The van der Waals surface area contributed by atoms with E-state index in [1.54, 1.807) is 19.0 Å². The number of benzene rings is 1. The van der Waals surface area contributed by atoms with Crippen LogP contribution in [0.3, 0.4) is 0 Å². The van der Waals surface area contributed by atoms with Crippen molar-refractivity contribution in [1.82, 2.24) is 10.2 Å². The van der Waals surface area contributed by atoms with Crippen LogP contribution in [0.4, 0.5) is 13.2 Å². The summed E-state index contributed by atoms with van der Waals surface area (Å²) in [6.45, 7) is 3.04. The van der Waals surface area contributed by atoms with E-state index < -0.39 is 12.6 Å². The van der Waals surface area contributed by atoms with Crippen LogP contribution < -0.4 is 10.1 Å². The molecule has 0 aliphatic carbocycles. The average molecular weight is 304 g/mol. The topological polar surface area (TPSA) is 24.5 Å². The fourth-order valence-corrected chi connectivity index (χ4v) is 2.05. The molecule has 0 saturated heterocycles. The van der Waals surface area contributed by atoms with E-state index in [2.05, 4.69) is 5.32 Å². The summed E-state index contributed by atoms with van der Waals surface area (Å²) in [5.74, 6) is 0.793. The van der Waals surface area contributed by atoms with E-state index in [1.807, 2.05) is 31.2 Å². The van der Waals surface area contributed by atoms with Gasteiger partial charge in [0, 0.05) is 19.1 Å². The molecule has 1 aromatic carbocycles. The number of likely N-dealkylation sites (N-methyl/N-ethyl adjacent to an activating group) is 2. The molecule has 0 amide bonds. The number of hydrogen-bond acceptors (Lipinski definition) is 3. The van der Waals surface area contributed by atoms with Crippen LogP contribution in [0.2, 0.25) is 0 Å². The summed E-state index contributed by atoms with van der Waals surface area (Å²) in [6.07, 6.45) is -4.90. The van der Waals surface area contributed by atoms with E-state index in [0.717, 1.165) is 11.3 Å². The lowest BCUT2D eigenvalue weighted by Gasteiger charge is -2.24. The molecule has 1 N–H and O–H groups in total. The molecule has 1 unspecified atom stereocenters. The van der Waals surface area contributed by atoms with Crippen molar-refractivity contribution in [3.63, 3.8) is 0 Å². The van der Waals surface area contributed by atoms with Crippen molar-refractivity contribution in [1.29, 1.82) is 0 Å². The van der Waals surface area contributed by atoms with Gasteiger partial charge in [-0.3, -0.25) is 0 Å². The molecule has 1 rings (SSSR count). The van der Waals surface area contributed by atoms with Crippen LogP contribution in [0, 0.1) is 0 Å². The van der Waals surface area contributed by atoms with E-state index in [9.17, 15) is 13.2 Å². The first-order valence-electron chi connectivity index (χ1n) is 7.01. The standard InChI is InChI=1S/C15H23F3N2O/c1-4-21-13-7-5-12(6-8-13)14(19-2)11-20(3)10-9-15(16,17)18/h5-8,14,19H,4,9-11H2,1-3H3. The molecular formula is C15H23F3N2O. The van der Waals surface area contributed by atoms with Crippen LogP contribution in [-0.4, -0.2) is 44.9 Å². The van der Waals surface area contributed by atoms with Crippen LogP contribution in [-0.2, 0) is 0 Å². The molecule has 3 nitrogen and oxygen atoms in total. The third-order valence-electron chi connectivity index (χ3n) is 3.21. The maximum Gasteiger partial charge on any atom is 0.390 e. The Morgan fingerprint density at radius 3 is 2.33 bits per heavy atom. The van der Waals surface area contributed by atoms with Crippen molar-refractivity contribution in [2.24, 2.45) is 0 Å². The van der Waals surface area contributed by atoms with Gasteiger partial charge in [-0.15, -0.1) is 0 Å². The molecule has 120 valence electrons. The van der Waals surface area contributed by atoms with Crippen molar-refractivity contribution in [3.8, 4) is 5.75 Å². The molecule has 0 spiro atoms. The highest BCUT2D eigenvalue weighted by atomic mass is 19.4. The largest absolute Gasteiger partial charge is 0.494 e. The number of halogens is 3. The van der Waals surface area contributed by atoms with Gasteiger partial charge in [0.15, 0.2) is 0 Å². The second-order valence-electron chi connectivity index (χ2n) is 4.97. The lowest BCUT2D eigenvalue weighted by Crippen LogP contribution is -2.33. The molecule has 1 aromatic rings. The van der Waals surface area contributed by atoms with Crippen molar-refractivity contribution < 1.29 is 17.9 Å². The molecule has 0 aromatic heterocycles. The van der Waals surface area contributed by atoms with E-state index in [-0.39, 0.29) is 12.6 Å². The summed E-state index contributed by atoms with van der Waals surface area (Å²) in [5, 5.41) is 3.13. The maximum absolute atomic E-state index is 12.2. The molecule has 0 fully saturated rings. The first kappa shape index (κ1) is 17.8. The zero-order valence-electron chi connectivity index (χ0n) is 12.7. The van der Waals surface area contributed by atoms with Gasteiger partial charge in [0.05, 0.1) is 13.0 Å². The second-order valence-corrected chi connectivity index (χ2v) is 4.97. The monoisotopic (exact) mass is 304 g/mol. The lowest BCUT2D eigenvalue weighted by molar-refractivity contribution is -0.137. The van der Waals surface area contributed by atoms with Gasteiger partial charge in [-0.1, -0.05) is 12.1 Å². The predicted octanol–water partition coefficient (Wildman–Crippen LogP) is 3.23. The van der Waals surface area contributed by atoms with Gasteiger partial charge in [0.1, 0.15) is 5.75 Å². The average Bonchev–Trinajstić information content (AvgIpc) is 2.43. The van der Waals surface area contributed by atoms with Crippen LogP contribution >= 0.6 is 0 Å². The van der Waals surface area contributed by atoms with Gasteiger partial charge in [-0.05, 0) is 38.7 Å². The van der Waals surface area contributed by atoms with Crippen molar-refractivity contribution >= 4 is 0 Å². The molecule has 0 saturated carbocycles. The number of rotatable bonds is 8. The second kappa shape index (κ2) is 8.24. The van der Waals surface area contributed by atoms with Gasteiger partial charge in [0.25, 0.3) is 0 Å². The Morgan fingerprint density at radius 1 is 1.24 bits per heavy atom. The number of hydrogen-bond donors (Lipinski definition) is 1. The molecule has 0 aliphatic rings. The van der Waals surface area contributed by atoms with Gasteiger partial charge >= 0.3 is 6.18 Å². The zero-order valence-corrected chi connectivity index (χ0v) is 12.7. The van der Waals surface area contributed by atoms with E-state index in [0.29, 0.717) is 13.2 Å². The van der Waals surface area contributed by atoms with Crippen LogP contribution in [0.15, 0.2) is 24.3 Å². The third-order valence-corrected chi connectivity index (χ3v) is 3.21. The molecule has 1 atom stereocenters. The van der Waals surface area contributed by atoms with Crippen molar-refractivity contribution in [2.75, 3.05) is 33.8 Å². The Kier molecular flexibility index (Phi) is 6.98. The summed E-state index contributed by atoms with van der Waals surface area (Å²) >= 11 is 0. The Hall–Kier alpha value is -1.27. The van der Waals surface area contributed by atoms with E-state index in [4.69, 9.17) is 4.74 Å². The minimum Gasteiger partial charge on any atom is -0.494 e. The minimum absolute atomic E-state index is 0.00128. The van der Waals surface area contributed by atoms with Gasteiger partial charge in [0.2, 0.25) is 0 Å². The van der Waals surface area contributed by atoms with Crippen LogP contribution in [0.5, 0.6) is 5.75 Å². The molecular weight excluding hydrogens is 281 g/mol. The van der Waals surface area contributed by atoms with E-state index >= 15 is 0 Å². The van der Waals surface area contributed by atoms with Gasteiger partial charge < -0.3 is 15.0 Å². The fourth-order valence-electron chi connectivity index (χ4n) is 2.05. The Bertz CT molecular complexity index is 406. The van der Waals surface area contributed by atoms with Crippen molar-refractivity contribution in [3.05, 3.63) is 29.8 Å². The molecule has 0 heterocycles. The molecule has 0 radical (unpaired) electrons. The highest BCUT2D eigenvalue weighted by Gasteiger charge is 2.27. The number of nitrogens with one attached hydrogen (secondary N) is 1. The Morgan fingerprint density at radius 2 is 1.86 bits per heavy atom. The highest BCUT2D eigenvalue weighted by Crippen LogP contribution is 2.21. The van der Waals surface area contributed by atoms with Crippen LogP contribution in [0.25, 0.3) is 0 Å². The Balaban J connectivity index is 2.57. The first-order chi connectivity index (χ1) is 9.85. The molecule has 6 heteroatoms. The highest BCUT2D eigenvalue weighted by molar-refractivity contribution is 5.29. The normalized spacial score (nSPS) is 13.5. The van der Waals surface area contributed by atoms with Gasteiger partial charge in [-0.25, -0.2) is 0 Å². The van der Waals surface area contributed by atoms with E-state index in [1.165, 1.54) is 0 Å². The Labute approximate surface area is 124 Å². The fraction of sp³-hybridized carbons (Fsp3) is 0.600. The quantitative estimate of drug-likeness (QED) is 0.798. The predicted molar refractivity (Wildman–Crippen MR) is 77.6 cm³/mol. The summed E-state index contributed by atoms with van der Waals surface area (Å²) in [6, 6.07) is 7.60. The minimum atomic E-state index is -4.11. The first-order valence-corrected chi connectivity index (χ1v) is 7.01. The smallest absolute Gasteiger partial charge is 0.390 e. The van der Waals surface area contributed by atoms with Crippen LogP contribution in [0.1, 0.15) is 24.9 Å². The molecule has 0 bridgehead atoms. The van der Waals surface area contributed by atoms with Gasteiger partial charge in [-0.2, -0.15) is 13.2 Å². The summed E-state index contributed by atoms with van der Waals surface area (Å²) in [5.41, 5.74) is 1.03.